The molecule has 0 atom stereocenters. The predicted octanol–water partition coefficient (Wildman–Crippen LogP) is 3.06. The number of anilines is 1. The average molecular weight is 349 g/mol. The van der Waals surface area contributed by atoms with E-state index in [-0.39, 0.29) is 11.5 Å². The van der Waals surface area contributed by atoms with Gasteiger partial charge in [0.15, 0.2) is 0 Å². The maximum Gasteiger partial charge on any atom is 0.338 e. The molecule has 0 amide bonds. The Labute approximate surface area is 141 Å². The molecule has 0 saturated carbocycles. The van der Waals surface area contributed by atoms with Crippen molar-refractivity contribution in [2.75, 3.05) is 17.9 Å². The van der Waals surface area contributed by atoms with Crippen molar-refractivity contribution >= 4 is 21.7 Å². The summed E-state index contributed by atoms with van der Waals surface area (Å²) in [6.45, 7) is 4.38. The van der Waals surface area contributed by atoms with Gasteiger partial charge in [0.1, 0.15) is 5.75 Å². The lowest BCUT2D eigenvalue weighted by atomic mass is 10.2. The molecule has 0 aliphatic heterocycles. The van der Waals surface area contributed by atoms with Crippen LogP contribution in [0.15, 0.2) is 53.4 Å². The third-order valence-corrected chi connectivity index (χ3v) is 4.49. The molecule has 128 valence electrons. The molecule has 24 heavy (non-hydrogen) atoms. The molecule has 2 aromatic carbocycles. The standard InChI is InChI=1S/C17H19NO5S/c1-3-22-15-9-7-14(8-10-15)18-24(20,21)16-11-5-13(6-12-16)17(19)23-4-2/h5-12,18H,3-4H2,1-2H3. The molecule has 7 heteroatoms. The van der Waals surface area contributed by atoms with E-state index in [2.05, 4.69) is 4.72 Å². The zero-order valence-electron chi connectivity index (χ0n) is 13.5. The Hall–Kier alpha value is -2.54. The first kappa shape index (κ1) is 17.8. The summed E-state index contributed by atoms with van der Waals surface area (Å²) in [5.41, 5.74) is 0.727. The van der Waals surface area contributed by atoms with Crippen LogP contribution in [0.3, 0.4) is 0 Å². The van der Waals surface area contributed by atoms with Gasteiger partial charge in [-0.3, -0.25) is 4.72 Å². The highest BCUT2D eigenvalue weighted by Crippen LogP contribution is 2.20. The minimum absolute atomic E-state index is 0.0597. The molecule has 0 fully saturated rings. The molecule has 0 unspecified atom stereocenters. The Morgan fingerprint density at radius 1 is 0.958 bits per heavy atom. The minimum atomic E-state index is -3.74. The van der Waals surface area contributed by atoms with Gasteiger partial charge in [-0.05, 0) is 62.4 Å². The van der Waals surface area contributed by atoms with Gasteiger partial charge in [0, 0.05) is 5.69 Å². The number of ether oxygens (including phenoxy) is 2. The van der Waals surface area contributed by atoms with E-state index in [0.29, 0.717) is 23.6 Å². The number of sulfonamides is 1. The van der Waals surface area contributed by atoms with Gasteiger partial charge in [0.2, 0.25) is 0 Å². The van der Waals surface area contributed by atoms with Crippen molar-refractivity contribution in [1.29, 1.82) is 0 Å². The Balaban J connectivity index is 2.13. The monoisotopic (exact) mass is 349 g/mol. The smallest absolute Gasteiger partial charge is 0.338 e. The van der Waals surface area contributed by atoms with Crippen molar-refractivity contribution in [3.63, 3.8) is 0 Å². The minimum Gasteiger partial charge on any atom is -0.494 e. The maximum absolute atomic E-state index is 12.4. The molecule has 6 nitrogen and oxygen atoms in total. The summed E-state index contributed by atoms with van der Waals surface area (Å²) in [5.74, 6) is 0.181. The van der Waals surface area contributed by atoms with Crippen LogP contribution in [-0.4, -0.2) is 27.6 Å². The van der Waals surface area contributed by atoms with Crippen LogP contribution < -0.4 is 9.46 Å². The van der Waals surface area contributed by atoms with Gasteiger partial charge in [-0.1, -0.05) is 0 Å². The zero-order valence-corrected chi connectivity index (χ0v) is 14.3. The van der Waals surface area contributed by atoms with Gasteiger partial charge < -0.3 is 9.47 Å². The summed E-state index contributed by atoms with van der Waals surface area (Å²) >= 11 is 0. The first-order valence-corrected chi connectivity index (χ1v) is 8.97. The second-order valence-corrected chi connectivity index (χ2v) is 6.49. The quantitative estimate of drug-likeness (QED) is 0.777. The highest BCUT2D eigenvalue weighted by molar-refractivity contribution is 7.92. The van der Waals surface area contributed by atoms with E-state index >= 15 is 0 Å². The molecular formula is C17H19NO5S. The predicted molar refractivity (Wildman–Crippen MR) is 90.8 cm³/mol. The third-order valence-electron chi connectivity index (χ3n) is 3.09. The van der Waals surface area contributed by atoms with Crippen molar-refractivity contribution in [2.45, 2.75) is 18.7 Å². The lowest BCUT2D eigenvalue weighted by molar-refractivity contribution is 0.0526. The second-order valence-electron chi connectivity index (χ2n) is 4.81. The summed E-state index contributed by atoms with van der Waals surface area (Å²) in [6, 6.07) is 12.2. The van der Waals surface area contributed by atoms with Gasteiger partial charge in [-0.2, -0.15) is 0 Å². The number of nitrogens with one attached hydrogen (secondary N) is 1. The van der Waals surface area contributed by atoms with Crippen molar-refractivity contribution in [3.05, 3.63) is 54.1 Å². The molecule has 0 aliphatic carbocycles. The number of hydrogen-bond donors (Lipinski definition) is 1. The Morgan fingerprint density at radius 2 is 1.58 bits per heavy atom. The van der Waals surface area contributed by atoms with E-state index < -0.39 is 16.0 Å². The molecular weight excluding hydrogens is 330 g/mol. The summed E-state index contributed by atoms with van der Waals surface area (Å²) < 4.78 is 37.4. The topological polar surface area (TPSA) is 81.7 Å². The Kier molecular flexibility index (Phi) is 5.81. The maximum atomic E-state index is 12.4. The first-order valence-electron chi connectivity index (χ1n) is 7.49. The number of hydrogen-bond acceptors (Lipinski definition) is 5. The molecule has 0 aromatic heterocycles. The Bertz CT molecular complexity index is 783. The molecule has 2 rings (SSSR count). The second kappa shape index (κ2) is 7.83. The van der Waals surface area contributed by atoms with Crippen LogP contribution in [0.5, 0.6) is 5.75 Å². The highest BCUT2D eigenvalue weighted by atomic mass is 32.2. The van der Waals surface area contributed by atoms with Crippen LogP contribution in [0.2, 0.25) is 0 Å². The van der Waals surface area contributed by atoms with E-state index in [4.69, 9.17) is 9.47 Å². The molecule has 0 heterocycles. The van der Waals surface area contributed by atoms with E-state index in [1.54, 1.807) is 31.2 Å². The first-order chi connectivity index (χ1) is 11.5. The van der Waals surface area contributed by atoms with Crippen LogP contribution in [0.25, 0.3) is 0 Å². The van der Waals surface area contributed by atoms with Crippen LogP contribution in [0, 0.1) is 0 Å². The Morgan fingerprint density at radius 3 is 2.12 bits per heavy atom. The zero-order chi connectivity index (χ0) is 17.6. The van der Waals surface area contributed by atoms with Crippen molar-refractivity contribution in [3.8, 4) is 5.75 Å². The summed E-state index contributed by atoms with van der Waals surface area (Å²) in [5, 5.41) is 0. The average Bonchev–Trinajstić information content (AvgIpc) is 2.57. The third kappa shape index (κ3) is 4.48. The number of benzene rings is 2. The van der Waals surface area contributed by atoms with E-state index in [1.807, 2.05) is 6.92 Å². The highest BCUT2D eigenvalue weighted by Gasteiger charge is 2.15. The molecule has 0 spiro atoms. The van der Waals surface area contributed by atoms with Gasteiger partial charge in [0.05, 0.1) is 23.7 Å². The number of esters is 1. The molecule has 0 radical (unpaired) electrons. The van der Waals surface area contributed by atoms with Crippen LogP contribution >= 0.6 is 0 Å². The fourth-order valence-electron chi connectivity index (χ4n) is 1.98. The van der Waals surface area contributed by atoms with E-state index in [1.165, 1.54) is 24.3 Å². The largest absolute Gasteiger partial charge is 0.494 e. The lowest BCUT2D eigenvalue weighted by Gasteiger charge is -2.10. The lowest BCUT2D eigenvalue weighted by Crippen LogP contribution is -2.13. The van der Waals surface area contributed by atoms with Crippen LogP contribution in [0.1, 0.15) is 24.2 Å². The van der Waals surface area contributed by atoms with Gasteiger partial charge >= 0.3 is 5.97 Å². The van der Waals surface area contributed by atoms with Crippen molar-refractivity contribution in [1.82, 2.24) is 0 Å². The van der Waals surface area contributed by atoms with Gasteiger partial charge in [0.25, 0.3) is 10.0 Å². The van der Waals surface area contributed by atoms with Gasteiger partial charge in [-0.25, -0.2) is 13.2 Å². The molecule has 0 saturated heterocycles. The van der Waals surface area contributed by atoms with Gasteiger partial charge in [-0.15, -0.1) is 0 Å². The normalized spacial score (nSPS) is 10.9. The number of carbonyl (C=O) groups is 1. The SMILES string of the molecule is CCOC(=O)c1ccc(S(=O)(=O)Nc2ccc(OCC)cc2)cc1. The summed E-state index contributed by atoms with van der Waals surface area (Å²) in [7, 11) is -3.74. The fourth-order valence-corrected chi connectivity index (χ4v) is 3.04. The van der Waals surface area contributed by atoms with Crippen LogP contribution in [-0.2, 0) is 14.8 Å². The van der Waals surface area contributed by atoms with Crippen molar-refractivity contribution in [2.24, 2.45) is 0 Å². The molecule has 1 N–H and O–H groups in total. The van der Waals surface area contributed by atoms with Crippen LogP contribution in [0.4, 0.5) is 5.69 Å². The van der Waals surface area contributed by atoms with E-state index in [0.717, 1.165) is 0 Å². The number of rotatable bonds is 7. The van der Waals surface area contributed by atoms with Crippen molar-refractivity contribution < 1.29 is 22.7 Å². The fraction of sp³-hybridized carbons (Fsp3) is 0.235. The van der Waals surface area contributed by atoms with E-state index in [9.17, 15) is 13.2 Å². The number of carbonyl (C=O) groups excluding carboxylic acids is 1. The molecule has 0 bridgehead atoms. The summed E-state index contributed by atoms with van der Waals surface area (Å²) in [4.78, 5) is 11.6. The molecule has 2 aromatic rings. The summed E-state index contributed by atoms with van der Waals surface area (Å²) in [6.07, 6.45) is 0. The molecule has 0 aliphatic rings.